The minimum atomic E-state index is -0.752. The van der Waals surface area contributed by atoms with Crippen molar-refractivity contribution >= 4 is 5.91 Å². The number of piperidine rings is 1. The molecule has 0 bridgehead atoms. The maximum Gasteiger partial charge on any atom is 0.252 e. The van der Waals surface area contributed by atoms with Gasteiger partial charge in [0.15, 0.2) is 0 Å². The minimum Gasteiger partial charge on any atom is -0.391 e. The minimum absolute atomic E-state index is 0.126. The number of nitrogens with one attached hydrogen (secondary N) is 2. The zero-order chi connectivity index (χ0) is 15.1. The van der Waals surface area contributed by atoms with Crippen molar-refractivity contribution < 1.29 is 14.6 Å². The van der Waals surface area contributed by atoms with E-state index in [2.05, 4.69) is 10.6 Å². The van der Waals surface area contributed by atoms with Crippen LogP contribution in [-0.2, 0) is 16.0 Å². The van der Waals surface area contributed by atoms with Crippen molar-refractivity contribution in [2.75, 3.05) is 26.7 Å². The Morgan fingerprint density at radius 2 is 2.05 bits per heavy atom. The molecule has 3 N–H and O–H groups in total. The molecule has 2 rings (SSSR count). The van der Waals surface area contributed by atoms with Gasteiger partial charge in [0.2, 0.25) is 0 Å². The fourth-order valence-corrected chi connectivity index (χ4v) is 2.68. The predicted molar refractivity (Wildman–Crippen MR) is 81.0 cm³/mol. The maximum atomic E-state index is 12.3. The third-order valence-corrected chi connectivity index (χ3v) is 4.03. The molecule has 1 aliphatic heterocycles. The van der Waals surface area contributed by atoms with E-state index in [1.807, 2.05) is 30.3 Å². The molecule has 0 aromatic heterocycles. The summed E-state index contributed by atoms with van der Waals surface area (Å²) in [6, 6.07) is 9.76. The quantitative estimate of drug-likeness (QED) is 0.713. The number of methoxy groups -OCH3 is 1. The van der Waals surface area contributed by atoms with Crippen LogP contribution in [0.1, 0.15) is 18.4 Å². The molecule has 5 nitrogen and oxygen atoms in total. The summed E-state index contributed by atoms with van der Waals surface area (Å²) in [7, 11) is 1.57. The second-order valence-corrected chi connectivity index (χ2v) is 5.50. The summed E-state index contributed by atoms with van der Waals surface area (Å²) in [4.78, 5) is 12.3. The lowest BCUT2D eigenvalue weighted by molar-refractivity contribution is -0.147. The number of hydrogen-bond donors (Lipinski definition) is 3. The van der Waals surface area contributed by atoms with Gasteiger partial charge in [0.05, 0.1) is 6.10 Å². The van der Waals surface area contributed by atoms with Gasteiger partial charge in [-0.25, -0.2) is 0 Å². The largest absolute Gasteiger partial charge is 0.391 e. The van der Waals surface area contributed by atoms with Crippen molar-refractivity contribution in [3.8, 4) is 0 Å². The van der Waals surface area contributed by atoms with Crippen LogP contribution < -0.4 is 10.6 Å². The van der Waals surface area contributed by atoms with Crippen molar-refractivity contribution in [2.45, 2.75) is 31.0 Å². The van der Waals surface area contributed by atoms with Crippen LogP contribution in [0.15, 0.2) is 30.3 Å². The standard InChI is InChI=1S/C16H24N2O3/c1-21-16(7-9-17-10-8-16)15(20)18-12-14(19)11-13-5-3-2-4-6-13/h2-6,14,17,19H,7-12H2,1H3,(H,18,20). The van der Waals surface area contributed by atoms with Crippen molar-refractivity contribution in [1.82, 2.24) is 10.6 Å². The fourth-order valence-electron chi connectivity index (χ4n) is 2.68. The van der Waals surface area contributed by atoms with Gasteiger partial charge in [-0.1, -0.05) is 30.3 Å². The number of rotatable bonds is 6. The van der Waals surface area contributed by atoms with Gasteiger partial charge in [0.25, 0.3) is 5.91 Å². The van der Waals surface area contributed by atoms with Gasteiger partial charge in [0, 0.05) is 20.1 Å². The van der Waals surface area contributed by atoms with Crippen LogP contribution in [0.5, 0.6) is 0 Å². The lowest BCUT2D eigenvalue weighted by Gasteiger charge is -2.35. The van der Waals surface area contributed by atoms with E-state index >= 15 is 0 Å². The zero-order valence-electron chi connectivity index (χ0n) is 12.5. The van der Waals surface area contributed by atoms with Gasteiger partial charge in [-0.15, -0.1) is 0 Å². The molecule has 1 unspecified atom stereocenters. The summed E-state index contributed by atoms with van der Waals surface area (Å²) in [6.07, 6.45) is 1.25. The fraction of sp³-hybridized carbons (Fsp3) is 0.562. The van der Waals surface area contributed by atoms with E-state index in [9.17, 15) is 9.90 Å². The van der Waals surface area contributed by atoms with Crippen LogP contribution in [0.3, 0.4) is 0 Å². The highest BCUT2D eigenvalue weighted by molar-refractivity contribution is 5.85. The zero-order valence-corrected chi connectivity index (χ0v) is 12.5. The molecule has 1 fully saturated rings. The summed E-state index contributed by atoms with van der Waals surface area (Å²) in [5.74, 6) is -0.126. The van der Waals surface area contributed by atoms with Crippen LogP contribution in [0.4, 0.5) is 0 Å². The molecule has 21 heavy (non-hydrogen) atoms. The molecule has 1 heterocycles. The number of aliphatic hydroxyl groups is 1. The number of aliphatic hydroxyl groups excluding tert-OH is 1. The van der Waals surface area contributed by atoms with E-state index in [0.717, 1.165) is 18.7 Å². The number of hydrogen-bond acceptors (Lipinski definition) is 4. The van der Waals surface area contributed by atoms with Crippen LogP contribution >= 0.6 is 0 Å². The highest BCUT2D eigenvalue weighted by atomic mass is 16.5. The van der Waals surface area contributed by atoms with Gasteiger partial charge in [-0.2, -0.15) is 0 Å². The molecule has 0 saturated carbocycles. The van der Waals surface area contributed by atoms with E-state index in [4.69, 9.17) is 4.74 Å². The first kappa shape index (κ1) is 15.9. The maximum absolute atomic E-state index is 12.3. The summed E-state index contributed by atoms with van der Waals surface area (Å²) in [5.41, 5.74) is 0.306. The van der Waals surface area contributed by atoms with E-state index < -0.39 is 11.7 Å². The van der Waals surface area contributed by atoms with E-state index in [1.165, 1.54) is 0 Å². The van der Waals surface area contributed by atoms with E-state index in [-0.39, 0.29) is 12.5 Å². The Bertz CT molecular complexity index is 444. The molecular formula is C16H24N2O3. The Balaban J connectivity index is 1.82. The van der Waals surface area contributed by atoms with Crippen LogP contribution in [0, 0.1) is 0 Å². The van der Waals surface area contributed by atoms with Gasteiger partial charge >= 0.3 is 0 Å². The average Bonchev–Trinajstić information content (AvgIpc) is 2.54. The van der Waals surface area contributed by atoms with Crippen molar-refractivity contribution in [1.29, 1.82) is 0 Å². The molecule has 1 atom stereocenters. The van der Waals surface area contributed by atoms with Crippen molar-refractivity contribution in [3.05, 3.63) is 35.9 Å². The monoisotopic (exact) mass is 292 g/mol. The van der Waals surface area contributed by atoms with Gasteiger partial charge in [-0.05, 0) is 31.5 Å². The molecular weight excluding hydrogens is 268 g/mol. The number of carbonyl (C=O) groups excluding carboxylic acids is 1. The topological polar surface area (TPSA) is 70.6 Å². The van der Waals surface area contributed by atoms with Gasteiger partial charge in [-0.3, -0.25) is 4.79 Å². The summed E-state index contributed by atoms with van der Waals surface area (Å²) in [6.45, 7) is 1.79. The molecule has 1 aliphatic rings. The van der Waals surface area contributed by atoms with Crippen LogP contribution in [-0.4, -0.2) is 49.5 Å². The third kappa shape index (κ3) is 4.27. The van der Waals surface area contributed by atoms with Crippen LogP contribution in [0.25, 0.3) is 0 Å². The molecule has 1 aromatic carbocycles. The first-order valence-electron chi connectivity index (χ1n) is 7.42. The van der Waals surface area contributed by atoms with E-state index in [1.54, 1.807) is 7.11 Å². The van der Waals surface area contributed by atoms with Gasteiger partial charge in [0.1, 0.15) is 5.60 Å². The first-order chi connectivity index (χ1) is 10.2. The second kappa shape index (κ2) is 7.54. The third-order valence-electron chi connectivity index (χ3n) is 4.03. The molecule has 0 radical (unpaired) electrons. The van der Waals surface area contributed by atoms with E-state index in [0.29, 0.717) is 19.3 Å². The Labute approximate surface area is 125 Å². The van der Waals surface area contributed by atoms with Crippen LogP contribution in [0.2, 0.25) is 0 Å². The Kier molecular flexibility index (Phi) is 5.73. The average molecular weight is 292 g/mol. The molecule has 1 amide bonds. The van der Waals surface area contributed by atoms with Crippen molar-refractivity contribution in [2.24, 2.45) is 0 Å². The lowest BCUT2D eigenvalue weighted by Crippen LogP contribution is -2.55. The number of benzene rings is 1. The Hall–Kier alpha value is -1.43. The predicted octanol–water partition coefficient (Wildman–Crippen LogP) is 0.475. The SMILES string of the molecule is COC1(C(=O)NCC(O)Cc2ccccc2)CCNCC1. The Morgan fingerprint density at radius 1 is 1.38 bits per heavy atom. The molecule has 0 spiro atoms. The highest BCUT2D eigenvalue weighted by Gasteiger charge is 2.39. The molecule has 5 heteroatoms. The first-order valence-corrected chi connectivity index (χ1v) is 7.42. The summed E-state index contributed by atoms with van der Waals surface area (Å²) >= 11 is 0. The molecule has 1 aromatic rings. The smallest absolute Gasteiger partial charge is 0.252 e. The normalized spacial score (nSPS) is 19.0. The van der Waals surface area contributed by atoms with Crippen molar-refractivity contribution in [3.63, 3.8) is 0 Å². The number of amides is 1. The second-order valence-electron chi connectivity index (χ2n) is 5.50. The lowest BCUT2D eigenvalue weighted by atomic mass is 9.91. The molecule has 116 valence electrons. The molecule has 0 aliphatic carbocycles. The number of ether oxygens (including phenoxy) is 1. The summed E-state index contributed by atoms with van der Waals surface area (Å²) < 4.78 is 5.46. The highest BCUT2D eigenvalue weighted by Crippen LogP contribution is 2.22. The number of carbonyl (C=O) groups is 1. The summed E-state index contributed by atoms with van der Waals surface area (Å²) in [5, 5.41) is 16.1. The van der Waals surface area contributed by atoms with Gasteiger partial charge < -0.3 is 20.5 Å². The Morgan fingerprint density at radius 3 is 2.67 bits per heavy atom. The molecule has 1 saturated heterocycles.